The highest BCUT2D eigenvalue weighted by atomic mass is 79.9. The molecule has 0 spiro atoms. The highest BCUT2D eigenvalue weighted by Gasteiger charge is 2.35. The monoisotopic (exact) mass is 345 g/mol. The summed E-state index contributed by atoms with van der Waals surface area (Å²) in [6.07, 6.45) is 3.02. The van der Waals surface area contributed by atoms with Gasteiger partial charge in [0, 0.05) is 23.5 Å². The van der Waals surface area contributed by atoms with Crippen LogP contribution in [0.25, 0.3) is 16.5 Å². The molecule has 1 aromatic heterocycles. The number of carbonyl (C=O) groups is 1. The minimum Gasteiger partial charge on any atom is -0.369 e. The topological polar surface area (TPSA) is 62.1 Å². The van der Waals surface area contributed by atoms with Gasteiger partial charge in [-0.2, -0.15) is 0 Å². The first-order valence-electron chi connectivity index (χ1n) is 7.07. The fraction of sp³-hybridized carbons (Fsp3) is 0.312. The minimum atomic E-state index is -0.249. The van der Waals surface area contributed by atoms with E-state index in [0.29, 0.717) is 12.6 Å². The molecule has 2 atom stereocenters. The van der Waals surface area contributed by atoms with Crippen LogP contribution in [0.4, 0.5) is 0 Å². The lowest BCUT2D eigenvalue weighted by Gasteiger charge is -2.39. The summed E-state index contributed by atoms with van der Waals surface area (Å²) in [6.45, 7) is 0.691. The fourth-order valence-corrected chi connectivity index (χ4v) is 4.25. The zero-order chi connectivity index (χ0) is 14.7. The number of nitrogens with two attached hydrogens (primary N) is 1. The number of amides is 1. The van der Waals surface area contributed by atoms with E-state index >= 15 is 0 Å². The van der Waals surface area contributed by atoms with Gasteiger partial charge in [-0.3, -0.25) is 9.69 Å². The largest absolute Gasteiger partial charge is 0.369 e. The van der Waals surface area contributed by atoms with Crippen molar-refractivity contribution >= 4 is 38.3 Å². The van der Waals surface area contributed by atoms with Gasteiger partial charge in [0.15, 0.2) is 0 Å². The molecule has 2 aliphatic rings. The summed E-state index contributed by atoms with van der Waals surface area (Å²) in [5.41, 5.74) is 10.4. The number of aromatic amines is 1. The van der Waals surface area contributed by atoms with Crippen molar-refractivity contribution in [2.45, 2.75) is 12.5 Å². The Morgan fingerprint density at radius 3 is 3.05 bits per heavy atom. The molecule has 1 amide bonds. The van der Waals surface area contributed by atoms with E-state index in [1.807, 2.05) is 0 Å². The summed E-state index contributed by atoms with van der Waals surface area (Å²) < 4.78 is 1.06. The smallest absolute Gasteiger partial charge is 0.225 e. The highest BCUT2D eigenvalue weighted by molar-refractivity contribution is 9.10. The Bertz CT molecular complexity index is 792. The molecule has 1 aromatic carbocycles. The van der Waals surface area contributed by atoms with E-state index in [0.717, 1.165) is 16.5 Å². The van der Waals surface area contributed by atoms with Gasteiger partial charge >= 0.3 is 0 Å². The predicted octanol–water partition coefficient (Wildman–Crippen LogP) is 2.29. The molecule has 1 unspecified atom stereocenters. The van der Waals surface area contributed by atoms with Crippen molar-refractivity contribution in [3.05, 3.63) is 40.0 Å². The lowest BCUT2D eigenvalue weighted by Crippen LogP contribution is -2.45. The first-order chi connectivity index (χ1) is 10.1. The van der Waals surface area contributed by atoms with Gasteiger partial charge in [-0.05, 0) is 52.2 Å². The predicted molar refractivity (Wildman–Crippen MR) is 86.8 cm³/mol. The van der Waals surface area contributed by atoms with E-state index in [4.69, 9.17) is 5.73 Å². The molecule has 3 N–H and O–H groups in total. The number of primary amides is 1. The molecule has 0 fully saturated rings. The molecule has 0 radical (unpaired) electrons. The van der Waals surface area contributed by atoms with Gasteiger partial charge in [0.2, 0.25) is 5.91 Å². The molecule has 0 saturated carbocycles. The van der Waals surface area contributed by atoms with Gasteiger partial charge in [-0.25, -0.2) is 0 Å². The third kappa shape index (κ3) is 1.80. The van der Waals surface area contributed by atoms with Gasteiger partial charge < -0.3 is 10.7 Å². The molecule has 2 heterocycles. The van der Waals surface area contributed by atoms with Gasteiger partial charge in [0.1, 0.15) is 0 Å². The van der Waals surface area contributed by atoms with Crippen LogP contribution < -0.4 is 5.73 Å². The van der Waals surface area contributed by atoms with Crippen molar-refractivity contribution < 1.29 is 4.79 Å². The molecule has 2 aromatic rings. The van der Waals surface area contributed by atoms with Crippen LogP contribution in [0, 0.1) is 5.92 Å². The Hall–Kier alpha value is -1.59. The standard InChI is InChI=1S/C16H16BrN3O/c1-20-7-8(16(18)21)5-10-9-3-2-4-12-14(9)11(6-13(10)20)15(17)19-12/h2-5,8,13,19H,6-7H2,1H3,(H2,18,21)/t8?,13-/m1/s1. The maximum Gasteiger partial charge on any atom is 0.225 e. The Kier molecular flexibility index (Phi) is 2.78. The van der Waals surface area contributed by atoms with Gasteiger partial charge in [-0.1, -0.05) is 18.2 Å². The average Bonchev–Trinajstić information content (AvgIpc) is 2.77. The molecule has 5 heteroatoms. The van der Waals surface area contributed by atoms with Crippen molar-refractivity contribution in [1.29, 1.82) is 0 Å². The number of halogens is 1. The van der Waals surface area contributed by atoms with E-state index < -0.39 is 0 Å². The summed E-state index contributed by atoms with van der Waals surface area (Å²) >= 11 is 3.64. The summed E-state index contributed by atoms with van der Waals surface area (Å²) in [5.74, 6) is -0.457. The third-order valence-corrected chi connectivity index (χ3v) is 5.38. The summed E-state index contributed by atoms with van der Waals surface area (Å²) in [5, 5.41) is 1.27. The molecule has 4 rings (SSSR count). The number of hydrogen-bond acceptors (Lipinski definition) is 2. The van der Waals surface area contributed by atoms with Crippen LogP contribution in [0.5, 0.6) is 0 Å². The molecule has 21 heavy (non-hydrogen) atoms. The van der Waals surface area contributed by atoms with E-state index in [2.05, 4.69) is 57.1 Å². The van der Waals surface area contributed by atoms with Gasteiger partial charge in [0.05, 0.1) is 10.5 Å². The maximum atomic E-state index is 11.6. The number of rotatable bonds is 1. The SMILES string of the molecule is CN1CC(C(N)=O)C=C2c3cccc4[nH]c(Br)c(c34)C[C@H]21. The maximum absolute atomic E-state index is 11.6. The average molecular weight is 346 g/mol. The number of carbonyl (C=O) groups excluding carboxylic acids is 1. The Morgan fingerprint density at radius 1 is 1.48 bits per heavy atom. The lowest BCUT2D eigenvalue weighted by atomic mass is 9.80. The number of likely N-dealkylation sites (N-methyl/N-ethyl adjacent to an activating group) is 1. The van der Waals surface area contributed by atoms with Crippen molar-refractivity contribution in [2.75, 3.05) is 13.6 Å². The number of aromatic nitrogens is 1. The van der Waals surface area contributed by atoms with Crippen molar-refractivity contribution in [1.82, 2.24) is 9.88 Å². The zero-order valence-corrected chi connectivity index (χ0v) is 13.3. The number of fused-ring (bicyclic) bond motifs is 2. The molecule has 4 nitrogen and oxygen atoms in total. The van der Waals surface area contributed by atoms with Crippen LogP contribution in [0.2, 0.25) is 0 Å². The number of H-pyrrole nitrogens is 1. The molecule has 0 bridgehead atoms. The van der Waals surface area contributed by atoms with Crippen LogP contribution in [0.15, 0.2) is 28.9 Å². The van der Waals surface area contributed by atoms with Crippen LogP contribution in [0.1, 0.15) is 11.1 Å². The van der Waals surface area contributed by atoms with E-state index in [1.54, 1.807) is 0 Å². The Balaban J connectivity index is 1.99. The Morgan fingerprint density at radius 2 is 2.29 bits per heavy atom. The van der Waals surface area contributed by atoms with E-state index in [-0.39, 0.29) is 11.8 Å². The molecule has 1 aliphatic carbocycles. The van der Waals surface area contributed by atoms with Crippen molar-refractivity contribution in [2.24, 2.45) is 11.7 Å². The summed E-state index contributed by atoms with van der Waals surface area (Å²) in [7, 11) is 2.07. The second kappa shape index (κ2) is 4.45. The van der Waals surface area contributed by atoms with Crippen molar-refractivity contribution in [3.63, 3.8) is 0 Å². The Labute approximate surface area is 131 Å². The van der Waals surface area contributed by atoms with Crippen LogP contribution in [-0.2, 0) is 11.2 Å². The quantitative estimate of drug-likeness (QED) is 0.832. The molecule has 108 valence electrons. The second-order valence-electron chi connectivity index (χ2n) is 5.94. The van der Waals surface area contributed by atoms with Crippen LogP contribution in [0.3, 0.4) is 0 Å². The molecule has 0 saturated heterocycles. The van der Waals surface area contributed by atoms with Crippen LogP contribution in [-0.4, -0.2) is 35.4 Å². The summed E-state index contributed by atoms with van der Waals surface area (Å²) in [6, 6.07) is 6.60. The molecule has 1 aliphatic heterocycles. The number of nitrogens with one attached hydrogen (secondary N) is 1. The zero-order valence-electron chi connectivity index (χ0n) is 11.7. The first kappa shape index (κ1) is 13.1. The van der Waals surface area contributed by atoms with Crippen LogP contribution >= 0.6 is 15.9 Å². The minimum absolute atomic E-state index is 0.208. The van der Waals surface area contributed by atoms with E-state index in [1.165, 1.54) is 22.1 Å². The van der Waals surface area contributed by atoms with E-state index in [9.17, 15) is 4.79 Å². The van der Waals surface area contributed by atoms with Gasteiger partial charge in [-0.15, -0.1) is 0 Å². The number of benzene rings is 1. The normalized spacial score (nSPS) is 24.8. The van der Waals surface area contributed by atoms with Crippen molar-refractivity contribution in [3.8, 4) is 0 Å². The lowest BCUT2D eigenvalue weighted by molar-refractivity contribution is -0.121. The second-order valence-corrected chi connectivity index (χ2v) is 6.73. The van der Waals surface area contributed by atoms with Gasteiger partial charge in [0.25, 0.3) is 0 Å². The summed E-state index contributed by atoms with van der Waals surface area (Å²) in [4.78, 5) is 17.2. The molecular weight excluding hydrogens is 330 g/mol. The number of nitrogens with zero attached hydrogens (tertiary/aromatic N) is 1. The fourth-order valence-electron chi connectivity index (χ4n) is 3.67. The first-order valence-corrected chi connectivity index (χ1v) is 7.86. The highest BCUT2D eigenvalue weighted by Crippen LogP contribution is 2.43. The number of hydrogen-bond donors (Lipinski definition) is 2. The molecular formula is C16H16BrN3O. The third-order valence-electron chi connectivity index (χ3n) is 4.71.